The van der Waals surface area contributed by atoms with Crippen molar-refractivity contribution in [1.82, 2.24) is 4.90 Å². The Morgan fingerprint density at radius 3 is 2.27 bits per heavy atom. The van der Waals surface area contributed by atoms with E-state index >= 15 is 0 Å². The molecule has 1 fully saturated rings. The van der Waals surface area contributed by atoms with E-state index in [9.17, 15) is 4.79 Å². The van der Waals surface area contributed by atoms with Crippen molar-refractivity contribution in [2.45, 2.75) is 34.6 Å². The zero-order chi connectivity index (χ0) is 21.7. The maximum absolute atomic E-state index is 13.1. The van der Waals surface area contributed by atoms with Crippen LogP contribution >= 0.6 is 11.8 Å². The minimum atomic E-state index is 0.0136. The molecule has 0 radical (unpaired) electrons. The van der Waals surface area contributed by atoms with Gasteiger partial charge in [0.15, 0.2) is 5.17 Å². The van der Waals surface area contributed by atoms with Gasteiger partial charge in [-0.2, -0.15) is 0 Å². The molecule has 0 unspecified atom stereocenters. The third-order valence-electron chi connectivity index (χ3n) is 4.46. The predicted octanol–water partition coefficient (Wildman–Crippen LogP) is 6.29. The van der Waals surface area contributed by atoms with Gasteiger partial charge in [-0.3, -0.25) is 9.69 Å². The van der Waals surface area contributed by atoms with E-state index in [0.717, 1.165) is 22.2 Å². The van der Waals surface area contributed by atoms with E-state index in [-0.39, 0.29) is 5.91 Å². The van der Waals surface area contributed by atoms with Crippen molar-refractivity contribution < 1.29 is 9.53 Å². The fraction of sp³-hybridized carbons (Fsp3) is 0.360. The van der Waals surface area contributed by atoms with Crippen LogP contribution in [-0.4, -0.2) is 29.1 Å². The number of aliphatic imine (C=N–C) groups is 1. The number of carbonyl (C=O) groups excluding carboxylic acids is 1. The maximum atomic E-state index is 13.1. The first-order chi connectivity index (χ1) is 14.3. The van der Waals surface area contributed by atoms with Crippen molar-refractivity contribution in [3.05, 3.63) is 64.6 Å². The Balaban J connectivity index is 1.82. The highest BCUT2D eigenvalue weighted by molar-refractivity contribution is 8.18. The standard InChI is InChI=1S/C25H30N2O2S/c1-17(2)15-27-24(28)23(30-25(27)26-21-10-6-19(5)7-11-21)14-20-8-12-22(13-9-20)29-16-18(3)4/h6-14,17-18H,15-16H2,1-5H3/b23-14+,26-25?. The van der Waals surface area contributed by atoms with Crippen LogP contribution in [0.1, 0.15) is 38.8 Å². The molecule has 2 aromatic rings. The lowest BCUT2D eigenvalue weighted by Crippen LogP contribution is -2.32. The number of thioether (sulfide) groups is 1. The summed E-state index contributed by atoms with van der Waals surface area (Å²) >= 11 is 1.44. The summed E-state index contributed by atoms with van der Waals surface area (Å²) in [5, 5.41) is 0.737. The first kappa shape index (κ1) is 22.2. The van der Waals surface area contributed by atoms with E-state index in [0.29, 0.717) is 29.9 Å². The van der Waals surface area contributed by atoms with E-state index in [1.807, 2.05) is 54.6 Å². The van der Waals surface area contributed by atoms with Crippen LogP contribution in [0.2, 0.25) is 0 Å². The normalized spacial score (nSPS) is 17.0. The zero-order valence-corrected chi connectivity index (χ0v) is 19.2. The van der Waals surface area contributed by atoms with Crippen LogP contribution in [0.3, 0.4) is 0 Å². The fourth-order valence-corrected chi connectivity index (χ4v) is 3.93. The van der Waals surface area contributed by atoms with E-state index in [1.54, 1.807) is 4.90 Å². The monoisotopic (exact) mass is 422 g/mol. The average Bonchev–Trinajstić information content (AvgIpc) is 2.97. The molecule has 0 spiro atoms. The summed E-state index contributed by atoms with van der Waals surface area (Å²) in [5.41, 5.74) is 3.02. The Morgan fingerprint density at radius 2 is 1.67 bits per heavy atom. The largest absolute Gasteiger partial charge is 0.493 e. The number of benzene rings is 2. The summed E-state index contributed by atoms with van der Waals surface area (Å²) < 4.78 is 5.75. The van der Waals surface area contributed by atoms with Crippen LogP contribution in [0.25, 0.3) is 6.08 Å². The molecule has 1 amide bonds. The highest BCUT2D eigenvalue weighted by Crippen LogP contribution is 2.35. The SMILES string of the molecule is Cc1ccc(N=C2S/C(=C/c3ccc(OCC(C)C)cc3)C(=O)N2CC(C)C)cc1. The quantitative estimate of drug-likeness (QED) is 0.492. The molecule has 4 nitrogen and oxygen atoms in total. The molecule has 5 heteroatoms. The average molecular weight is 423 g/mol. The Labute approximate surface area is 184 Å². The predicted molar refractivity (Wildman–Crippen MR) is 127 cm³/mol. The van der Waals surface area contributed by atoms with Gasteiger partial charge >= 0.3 is 0 Å². The molecule has 1 heterocycles. The van der Waals surface area contributed by atoms with Gasteiger partial charge in [-0.15, -0.1) is 0 Å². The van der Waals surface area contributed by atoms with Crippen molar-refractivity contribution in [2.75, 3.05) is 13.2 Å². The second kappa shape index (κ2) is 9.98. The van der Waals surface area contributed by atoms with Crippen molar-refractivity contribution in [3.8, 4) is 5.75 Å². The van der Waals surface area contributed by atoms with Gasteiger partial charge in [0, 0.05) is 6.54 Å². The number of amidine groups is 1. The van der Waals surface area contributed by atoms with Crippen molar-refractivity contribution >= 4 is 34.6 Å². The summed E-state index contributed by atoms with van der Waals surface area (Å²) in [5.74, 6) is 1.70. The number of carbonyl (C=O) groups is 1. The number of nitrogens with zero attached hydrogens (tertiary/aromatic N) is 2. The molecule has 0 N–H and O–H groups in total. The summed E-state index contributed by atoms with van der Waals surface area (Å²) in [6.07, 6.45) is 1.93. The molecule has 0 saturated carbocycles. The van der Waals surface area contributed by atoms with Gasteiger partial charge in [0.1, 0.15) is 5.75 Å². The summed E-state index contributed by atoms with van der Waals surface area (Å²) in [4.78, 5) is 20.3. The molecule has 0 bridgehead atoms. The molecule has 2 aromatic carbocycles. The first-order valence-corrected chi connectivity index (χ1v) is 11.2. The molecule has 1 aliphatic heterocycles. The fourth-order valence-electron chi connectivity index (χ4n) is 2.92. The molecule has 30 heavy (non-hydrogen) atoms. The molecule has 158 valence electrons. The van der Waals surface area contributed by atoms with Gasteiger partial charge in [-0.05, 0) is 66.4 Å². The molecule has 3 rings (SSSR count). The summed E-state index contributed by atoms with van der Waals surface area (Å²) in [7, 11) is 0. The van der Waals surface area contributed by atoms with Crippen molar-refractivity contribution in [3.63, 3.8) is 0 Å². The highest BCUT2D eigenvalue weighted by Gasteiger charge is 2.33. The number of aryl methyl sites for hydroxylation is 1. The van der Waals surface area contributed by atoms with Crippen molar-refractivity contribution in [1.29, 1.82) is 0 Å². The number of hydrogen-bond acceptors (Lipinski definition) is 4. The van der Waals surface area contributed by atoms with E-state index in [2.05, 4.69) is 34.6 Å². The van der Waals surface area contributed by atoms with Gasteiger partial charge in [-0.25, -0.2) is 4.99 Å². The molecule has 1 saturated heterocycles. The summed E-state index contributed by atoms with van der Waals surface area (Å²) in [6.45, 7) is 11.9. The van der Waals surface area contributed by atoms with Crippen LogP contribution in [0, 0.1) is 18.8 Å². The Morgan fingerprint density at radius 1 is 1.00 bits per heavy atom. The third-order valence-corrected chi connectivity index (χ3v) is 5.46. The zero-order valence-electron chi connectivity index (χ0n) is 18.4. The molecule has 1 aliphatic rings. The van der Waals surface area contributed by atoms with E-state index in [4.69, 9.17) is 9.73 Å². The number of ether oxygens (including phenoxy) is 1. The second-order valence-electron chi connectivity index (χ2n) is 8.42. The molecular formula is C25H30N2O2S. The van der Waals surface area contributed by atoms with Crippen LogP contribution < -0.4 is 4.74 Å². The molecule has 0 atom stereocenters. The van der Waals surface area contributed by atoms with Gasteiger partial charge in [0.25, 0.3) is 5.91 Å². The van der Waals surface area contributed by atoms with Gasteiger partial charge < -0.3 is 4.74 Å². The van der Waals surface area contributed by atoms with Crippen molar-refractivity contribution in [2.24, 2.45) is 16.8 Å². The van der Waals surface area contributed by atoms with Crippen LogP contribution in [0.5, 0.6) is 5.75 Å². The van der Waals surface area contributed by atoms with Gasteiger partial charge in [-0.1, -0.05) is 57.5 Å². The lowest BCUT2D eigenvalue weighted by molar-refractivity contribution is -0.122. The Bertz CT molecular complexity index is 929. The molecule has 0 aromatic heterocycles. The lowest BCUT2D eigenvalue weighted by Gasteiger charge is -2.17. The topological polar surface area (TPSA) is 41.9 Å². The maximum Gasteiger partial charge on any atom is 0.266 e. The van der Waals surface area contributed by atoms with Crippen LogP contribution in [0.15, 0.2) is 58.4 Å². The third kappa shape index (κ3) is 5.99. The first-order valence-electron chi connectivity index (χ1n) is 10.4. The van der Waals surface area contributed by atoms with Gasteiger partial charge in [0.2, 0.25) is 0 Å². The smallest absolute Gasteiger partial charge is 0.266 e. The lowest BCUT2D eigenvalue weighted by atomic mass is 10.2. The number of amides is 1. The molecule has 0 aliphatic carbocycles. The van der Waals surface area contributed by atoms with E-state index in [1.165, 1.54) is 17.3 Å². The van der Waals surface area contributed by atoms with Crippen LogP contribution in [-0.2, 0) is 4.79 Å². The minimum Gasteiger partial charge on any atom is -0.493 e. The Hall–Kier alpha value is -2.53. The van der Waals surface area contributed by atoms with Crippen LogP contribution in [0.4, 0.5) is 5.69 Å². The Kier molecular flexibility index (Phi) is 7.38. The summed E-state index contributed by atoms with van der Waals surface area (Å²) in [6, 6.07) is 15.9. The van der Waals surface area contributed by atoms with E-state index < -0.39 is 0 Å². The minimum absolute atomic E-state index is 0.0136. The second-order valence-corrected chi connectivity index (χ2v) is 9.43. The highest BCUT2D eigenvalue weighted by atomic mass is 32.2. The molecular weight excluding hydrogens is 392 g/mol. The van der Waals surface area contributed by atoms with Gasteiger partial charge in [0.05, 0.1) is 17.2 Å². The number of rotatable bonds is 7. The number of hydrogen-bond donors (Lipinski definition) is 0.